The molecule has 0 spiro atoms. The Hall–Kier alpha value is -2.12. The maximum Gasteiger partial charge on any atom is 0.251 e. The minimum Gasteiger partial charge on any atom is -0.490 e. The van der Waals surface area contributed by atoms with E-state index in [0.717, 1.165) is 38.2 Å². The number of ether oxygens (including phenoxy) is 2. The molecule has 2 aliphatic rings. The highest BCUT2D eigenvalue weighted by Gasteiger charge is 2.24. The average molecular weight is 404 g/mol. The molecule has 2 amide bonds. The van der Waals surface area contributed by atoms with Crippen LogP contribution in [0.3, 0.4) is 0 Å². The first-order valence-corrected chi connectivity index (χ1v) is 10.6. The van der Waals surface area contributed by atoms with Gasteiger partial charge in [0.05, 0.1) is 0 Å². The molecule has 0 radical (unpaired) electrons. The van der Waals surface area contributed by atoms with Crippen LogP contribution in [0.1, 0.15) is 36.0 Å². The number of piperidine rings is 2. The van der Waals surface area contributed by atoms with Crippen LogP contribution < -0.4 is 10.1 Å². The highest BCUT2D eigenvalue weighted by molar-refractivity contribution is 5.94. The van der Waals surface area contributed by atoms with Crippen LogP contribution in [-0.4, -0.2) is 81.2 Å². The number of nitrogens with zero attached hydrogens (tertiary/aromatic N) is 2. The molecule has 3 rings (SSSR count). The Labute approximate surface area is 173 Å². The van der Waals surface area contributed by atoms with Gasteiger partial charge in [-0.05, 0) is 56.6 Å². The van der Waals surface area contributed by atoms with Crippen molar-refractivity contribution in [2.45, 2.75) is 31.8 Å². The number of nitrogens with one attached hydrogen (secondary N) is 1. The summed E-state index contributed by atoms with van der Waals surface area (Å²) in [6.07, 6.45) is 4.06. The smallest absolute Gasteiger partial charge is 0.251 e. The zero-order chi connectivity index (χ0) is 20.6. The van der Waals surface area contributed by atoms with Gasteiger partial charge in [-0.3, -0.25) is 9.59 Å². The number of amides is 2. The molecule has 2 heterocycles. The molecule has 1 aromatic rings. The zero-order valence-electron chi connectivity index (χ0n) is 17.6. The largest absolute Gasteiger partial charge is 0.490 e. The lowest BCUT2D eigenvalue weighted by atomic mass is 9.98. The van der Waals surface area contributed by atoms with E-state index in [1.807, 2.05) is 29.2 Å². The van der Waals surface area contributed by atoms with Crippen LogP contribution in [0.15, 0.2) is 24.3 Å². The highest BCUT2D eigenvalue weighted by Crippen LogP contribution is 2.20. The van der Waals surface area contributed by atoms with E-state index < -0.39 is 0 Å². The molecule has 0 aromatic heterocycles. The summed E-state index contributed by atoms with van der Waals surface area (Å²) in [4.78, 5) is 28.4. The van der Waals surface area contributed by atoms with Crippen molar-refractivity contribution in [3.8, 4) is 5.75 Å². The molecule has 1 atom stereocenters. The summed E-state index contributed by atoms with van der Waals surface area (Å²) in [5.41, 5.74) is 0.654. The Kier molecular flexibility index (Phi) is 7.89. The summed E-state index contributed by atoms with van der Waals surface area (Å²) in [6, 6.07) is 7.33. The monoisotopic (exact) mass is 403 g/mol. The fraction of sp³-hybridized carbons (Fsp3) is 0.636. The molecule has 0 unspecified atom stereocenters. The first kappa shape index (κ1) is 21.6. The molecule has 7 nitrogen and oxygen atoms in total. The van der Waals surface area contributed by atoms with Gasteiger partial charge >= 0.3 is 0 Å². The lowest BCUT2D eigenvalue weighted by Gasteiger charge is -2.32. The van der Waals surface area contributed by atoms with E-state index in [4.69, 9.17) is 9.47 Å². The van der Waals surface area contributed by atoms with Crippen molar-refractivity contribution in [3.63, 3.8) is 0 Å². The average Bonchev–Trinajstić information content (AvgIpc) is 2.73. The SMILES string of the molecule is COCC(=O)N1CCC(Oc2ccc(C(=O)NC[C@@H]3CCCN(C)C3)cc2)CC1. The summed E-state index contributed by atoms with van der Waals surface area (Å²) in [6.45, 7) is 4.42. The van der Waals surface area contributed by atoms with Gasteiger partial charge in [-0.1, -0.05) is 0 Å². The predicted octanol–water partition coefficient (Wildman–Crippen LogP) is 1.77. The van der Waals surface area contributed by atoms with E-state index in [-0.39, 0.29) is 24.5 Å². The number of hydrogen-bond donors (Lipinski definition) is 1. The summed E-state index contributed by atoms with van der Waals surface area (Å²) < 4.78 is 10.9. The van der Waals surface area contributed by atoms with Crippen molar-refractivity contribution in [1.82, 2.24) is 15.1 Å². The quantitative estimate of drug-likeness (QED) is 0.751. The molecule has 1 N–H and O–H groups in total. The molecule has 1 aromatic carbocycles. The van der Waals surface area contributed by atoms with Gasteiger partial charge in [0.2, 0.25) is 5.91 Å². The van der Waals surface area contributed by atoms with E-state index >= 15 is 0 Å². The third kappa shape index (κ3) is 6.44. The Morgan fingerprint density at radius 2 is 1.83 bits per heavy atom. The molecule has 0 aliphatic carbocycles. The van der Waals surface area contributed by atoms with Gasteiger partial charge in [0.15, 0.2) is 0 Å². The number of carbonyl (C=O) groups excluding carboxylic acids is 2. The van der Waals surface area contributed by atoms with Crippen LogP contribution in [0.25, 0.3) is 0 Å². The molecule has 29 heavy (non-hydrogen) atoms. The van der Waals surface area contributed by atoms with Crippen molar-refractivity contribution in [1.29, 1.82) is 0 Å². The van der Waals surface area contributed by atoms with Gasteiger partial charge < -0.3 is 24.6 Å². The van der Waals surface area contributed by atoms with Gasteiger partial charge in [-0.15, -0.1) is 0 Å². The molecule has 0 bridgehead atoms. The summed E-state index contributed by atoms with van der Waals surface area (Å²) in [5, 5.41) is 3.06. The molecule has 0 saturated carbocycles. The first-order chi connectivity index (χ1) is 14.0. The van der Waals surface area contributed by atoms with Gasteiger partial charge in [-0.25, -0.2) is 0 Å². The minimum atomic E-state index is -0.0326. The van der Waals surface area contributed by atoms with Crippen molar-refractivity contribution in [2.24, 2.45) is 5.92 Å². The molecular formula is C22H33N3O4. The van der Waals surface area contributed by atoms with Gasteiger partial charge in [0.1, 0.15) is 18.5 Å². The number of methoxy groups -OCH3 is 1. The number of likely N-dealkylation sites (tertiary alicyclic amines) is 2. The van der Waals surface area contributed by atoms with Gasteiger partial charge in [0.25, 0.3) is 5.91 Å². The normalized spacial score (nSPS) is 21.0. The number of rotatable bonds is 7. The molecular weight excluding hydrogens is 370 g/mol. The lowest BCUT2D eigenvalue weighted by molar-refractivity contribution is -0.136. The Morgan fingerprint density at radius 1 is 1.10 bits per heavy atom. The lowest BCUT2D eigenvalue weighted by Crippen LogP contribution is -2.43. The van der Waals surface area contributed by atoms with Crippen LogP contribution in [-0.2, 0) is 9.53 Å². The maximum atomic E-state index is 12.4. The summed E-state index contributed by atoms with van der Waals surface area (Å²) in [7, 11) is 3.67. The number of hydrogen-bond acceptors (Lipinski definition) is 5. The fourth-order valence-corrected chi connectivity index (χ4v) is 4.09. The maximum absolute atomic E-state index is 12.4. The topological polar surface area (TPSA) is 71.1 Å². The van der Waals surface area contributed by atoms with Crippen LogP contribution in [0, 0.1) is 5.92 Å². The van der Waals surface area contributed by atoms with E-state index in [0.29, 0.717) is 24.6 Å². The van der Waals surface area contributed by atoms with Crippen molar-refractivity contribution < 1.29 is 19.1 Å². The van der Waals surface area contributed by atoms with Crippen LogP contribution >= 0.6 is 0 Å². The standard InChI is InChI=1S/C22H33N3O4/c1-24-11-3-4-17(15-24)14-23-22(27)18-5-7-19(8-6-18)29-20-9-12-25(13-10-20)21(26)16-28-2/h5-8,17,20H,3-4,9-16H2,1-2H3,(H,23,27)/t17-/m0/s1. The Morgan fingerprint density at radius 3 is 2.48 bits per heavy atom. The van der Waals surface area contributed by atoms with Crippen LogP contribution in [0.2, 0.25) is 0 Å². The summed E-state index contributed by atoms with van der Waals surface area (Å²) in [5.74, 6) is 1.29. The molecule has 2 saturated heterocycles. The van der Waals surface area contributed by atoms with Gasteiger partial charge in [-0.2, -0.15) is 0 Å². The molecule has 7 heteroatoms. The second-order valence-electron chi connectivity index (χ2n) is 8.14. The van der Waals surface area contributed by atoms with Crippen molar-refractivity contribution in [3.05, 3.63) is 29.8 Å². The number of carbonyl (C=O) groups is 2. The van der Waals surface area contributed by atoms with E-state index in [1.54, 1.807) is 0 Å². The predicted molar refractivity (Wildman–Crippen MR) is 111 cm³/mol. The van der Waals surface area contributed by atoms with Crippen LogP contribution in [0.5, 0.6) is 5.75 Å². The summed E-state index contributed by atoms with van der Waals surface area (Å²) >= 11 is 0. The second-order valence-corrected chi connectivity index (χ2v) is 8.14. The second kappa shape index (κ2) is 10.6. The molecule has 2 fully saturated rings. The van der Waals surface area contributed by atoms with E-state index in [1.165, 1.54) is 20.0 Å². The number of benzene rings is 1. The zero-order valence-corrected chi connectivity index (χ0v) is 17.6. The van der Waals surface area contributed by atoms with Crippen LogP contribution in [0.4, 0.5) is 0 Å². The van der Waals surface area contributed by atoms with Crippen molar-refractivity contribution in [2.75, 3.05) is 53.5 Å². The fourth-order valence-electron chi connectivity index (χ4n) is 4.09. The van der Waals surface area contributed by atoms with Gasteiger partial charge in [0, 0.05) is 51.7 Å². The molecule has 160 valence electrons. The Balaban J connectivity index is 1.42. The third-order valence-electron chi connectivity index (χ3n) is 5.76. The first-order valence-electron chi connectivity index (χ1n) is 10.6. The Bertz CT molecular complexity index is 671. The highest BCUT2D eigenvalue weighted by atomic mass is 16.5. The van der Waals surface area contributed by atoms with Crippen molar-refractivity contribution >= 4 is 11.8 Å². The van der Waals surface area contributed by atoms with E-state index in [9.17, 15) is 9.59 Å². The molecule has 2 aliphatic heterocycles. The van der Waals surface area contributed by atoms with E-state index in [2.05, 4.69) is 17.3 Å². The minimum absolute atomic E-state index is 0.0289. The third-order valence-corrected chi connectivity index (χ3v) is 5.76.